The molecule has 4 heteroatoms. The second-order valence-corrected chi connectivity index (χ2v) is 4.70. The van der Waals surface area contributed by atoms with Gasteiger partial charge in [-0.05, 0) is 42.7 Å². The van der Waals surface area contributed by atoms with Crippen LogP contribution in [-0.4, -0.2) is 18.0 Å². The van der Waals surface area contributed by atoms with Crippen LogP contribution < -0.4 is 10.1 Å². The van der Waals surface area contributed by atoms with E-state index in [1.807, 2.05) is 44.2 Å². The molecule has 1 heterocycles. The van der Waals surface area contributed by atoms with Gasteiger partial charge < -0.3 is 10.1 Å². The average molecular weight is 270 g/mol. The number of amides is 1. The lowest BCUT2D eigenvalue weighted by Crippen LogP contribution is -2.16. The van der Waals surface area contributed by atoms with Crippen LogP contribution in [0.4, 0.5) is 5.82 Å². The number of aromatic nitrogens is 1. The third-order valence-corrected chi connectivity index (χ3v) is 3.10. The predicted octanol–water partition coefficient (Wildman–Crippen LogP) is 2.89. The van der Waals surface area contributed by atoms with E-state index in [0.29, 0.717) is 12.2 Å². The first-order chi connectivity index (χ1) is 9.60. The number of anilines is 1. The van der Waals surface area contributed by atoms with E-state index < -0.39 is 0 Å². The Bertz CT molecular complexity index is 624. The molecule has 0 aliphatic rings. The van der Waals surface area contributed by atoms with Crippen LogP contribution in [0.25, 0.3) is 0 Å². The molecule has 2 aromatic rings. The summed E-state index contributed by atoms with van der Waals surface area (Å²) in [6.07, 6.45) is 1.96. The number of methoxy groups -OCH3 is 1. The fourth-order valence-corrected chi connectivity index (χ4v) is 1.95. The summed E-state index contributed by atoms with van der Waals surface area (Å²) in [6.45, 7) is 3.89. The Kier molecular flexibility index (Phi) is 4.35. The molecule has 0 spiro atoms. The van der Waals surface area contributed by atoms with Crippen LogP contribution in [0, 0.1) is 13.8 Å². The Morgan fingerprint density at radius 3 is 2.75 bits per heavy atom. The zero-order valence-electron chi connectivity index (χ0n) is 11.9. The quantitative estimate of drug-likeness (QED) is 0.929. The van der Waals surface area contributed by atoms with Crippen molar-refractivity contribution in [1.29, 1.82) is 0 Å². The van der Waals surface area contributed by atoms with Gasteiger partial charge >= 0.3 is 0 Å². The zero-order valence-corrected chi connectivity index (χ0v) is 11.9. The number of carbonyl (C=O) groups excluding carboxylic acids is 1. The smallest absolute Gasteiger partial charge is 0.229 e. The normalized spacial score (nSPS) is 10.2. The third kappa shape index (κ3) is 3.35. The number of ether oxygens (including phenoxy) is 1. The molecule has 104 valence electrons. The van der Waals surface area contributed by atoms with Crippen LogP contribution >= 0.6 is 0 Å². The zero-order chi connectivity index (χ0) is 14.5. The van der Waals surface area contributed by atoms with Gasteiger partial charge in [0, 0.05) is 6.20 Å². The molecule has 0 atom stereocenters. The molecule has 1 aromatic heterocycles. The van der Waals surface area contributed by atoms with Gasteiger partial charge in [0.15, 0.2) is 0 Å². The maximum Gasteiger partial charge on any atom is 0.229 e. The second-order valence-electron chi connectivity index (χ2n) is 4.70. The first-order valence-corrected chi connectivity index (χ1v) is 6.45. The molecule has 0 unspecified atom stereocenters. The number of aryl methyl sites for hydroxylation is 2. The summed E-state index contributed by atoms with van der Waals surface area (Å²) >= 11 is 0. The van der Waals surface area contributed by atoms with Gasteiger partial charge in [-0.2, -0.15) is 0 Å². The molecule has 1 amide bonds. The topological polar surface area (TPSA) is 51.2 Å². The Balaban J connectivity index is 2.07. The molecule has 0 aliphatic carbocycles. The van der Waals surface area contributed by atoms with E-state index in [1.165, 1.54) is 0 Å². The number of benzene rings is 1. The fourth-order valence-electron chi connectivity index (χ4n) is 1.95. The summed E-state index contributed by atoms with van der Waals surface area (Å²) in [5.41, 5.74) is 2.91. The molecule has 0 fully saturated rings. The number of hydrogen-bond donors (Lipinski definition) is 1. The van der Waals surface area contributed by atoms with E-state index in [4.69, 9.17) is 4.74 Å². The van der Waals surface area contributed by atoms with E-state index in [-0.39, 0.29) is 5.91 Å². The van der Waals surface area contributed by atoms with Crippen molar-refractivity contribution in [2.24, 2.45) is 0 Å². The molecular weight excluding hydrogens is 252 g/mol. The van der Waals surface area contributed by atoms with Crippen LogP contribution in [-0.2, 0) is 11.2 Å². The molecule has 4 nitrogen and oxygen atoms in total. The molecule has 2 rings (SSSR count). The predicted molar refractivity (Wildman–Crippen MR) is 79.0 cm³/mol. The SMILES string of the molecule is COc1cc(CC(=O)Nc2ncccc2C)ccc1C. The average Bonchev–Trinajstić information content (AvgIpc) is 2.43. The number of carbonyl (C=O) groups is 1. The van der Waals surface area contributed by atoms with Crippen LogP contribution in [0.5, 0.6) is 5.75 Å². The number of rotatable bonds is 4. The summed E-state index contributed by atoms with van der Waals surface area (Å²) in [7, 11) is 1.63. The highest BCUT2D eigenvalue weighted by Crippen LogP contribution is 2.19. The van der Waals surface area contributed by atoms with Crippen molar-refractivity contribution in [3.8, 4) is 5.75 Å². The van der Waals surface area contributed by atoms with Crippen molar-refractivity contribution in [2.45, 2.75) is 20.3 Å². The van der Waals surface area contributed by atoms with Gasteiger partial charge in [-0.1, -0.05) is 18.2 Å². The molecule has 20 heavy (non-hydrogen) atoms. The number of pyridine rings is 1. The summed E-state index contributed by atoms with van der Waals surface area (Å²) in [5.74, 6) is 1.32. The van der Waals surface area contributed by atoms with Crippen molar-refractivity contribution >= 4 is 11.7 Å². The Labute approximate surface area is 118 Å². The van der Waals surface area contributed by atoms with E-state index >= 15 is 0 Å². The Morgan fingerprint density at radius 2 is 2.05 bits per heavy atom. The molecule has 0 radical (unpaired) electrons. The van der Waals surface area contributed by atoms with Gasteiger partial charge in [-0.15, -0.1) is 0 Å². The van der Waals surface area contributed by atoms with Crippen molar-refractivity contribution < 1.29 is 9.53 Å². The standard InChI is InChI=1S/C16H18N2O2/c1-11-6-7-13(9-14(11)20-3)10-15(19)18-16-12(2)5-4-8-17-16/h4-9H,10H2,1-3H3,(H,17,18,19). The first-order valence-electron chi connectivity index (χ1n) is 6.45. The minimum Gasteiger partial charge on any atom is -0.496 e. The first kappa shape index (κ1) is 14.1. The van der Waals surface area contributed by atoms with Gasteiger partial charge in [-0.3, -0.25) is 4.79 Å². The van der Waals surface area contributed by atoms with E-state index in [9.17, 15) is 4.79 Å². The number of hydrogen-bond acceptors (Lipinski definition) is 3. The molecule has 0 saturated carbocycles. The molecule has 1 aromatic carbocycles. The number of nitrogens with zero attached hydrogens (tertiary/aromatic N) is 1. The Hall–Kier alpha value is -2.36. The lowest BCUT2D eigenvalue weighted by Gasteiger charge is -2.09. The molecule has 1 N–H and O–H groups in total. The highest BCUT2D eigenvalue weighted by atomic mass is 16.5. The summed E-state index contributed by atoms with van der Waals surface area (Å²) in [5, 5.41) is 2.82. The van der Waals surface area contributed by atoms with E-state index in [0.717, 1.165) is 22.4 Å². The monoisotopic (exact) mass is 270 g/mol. The van der Waals surface area contributed by atoms with Crippen LogP contribution in [0.1, 0.15) is 16.7 Å². The van der Waals surface area contributed by atoms with Gasteiger partial charge in [0.05, 0.1) is 13.5 Å². The third-order valence-electron chi connectivity index (χ3n) is 3.10. The van der Waals surface area contributed by atoms with E-state index in [1.54, 1.807) is 13.3 Å². The lowest BCUT2D eigenvalue weighted by atomic mass is 10.1. The second kappa shape index (κ2) is 6.19. The van der Waals surface area contributed by atoms with Crippen molar-refractivity contribution in [1.82, 2.24) is 4.98 Å². The van der Waals surface area contributed by atoms with Crippen molar-refractivity contribution in [2.75, 3.05) is 12.4 Å². The van der Waals surface area contributed by atoms with Crippen LogP contribution in [0.3, 0.4) is 0 Å². The van der Waals surface area contributed by atoms with Crippen LogP contribution in [0.15, 0.2) is 36.5 Å². The highest BCUT2D eigenvalue weighted by molar-refractivity contribution is 5.92. The maximum absolute atomic E-state index is 12.0. The van der Waals surface area contributed by atoms with Gasteiger partial charge in [0.1, 0.15) is 11.6 Å². The minimum absolute atomic E-state index is 0.0855. The van der Waals surface area contributed by atoms with Gasteiger partial charge in [-0.25, -0.2) is 4.98 Å². The Morgan fingerprint density at radius 1 is 1.25 bits per heavy atom. The molecular formula is C16H18N2O2. The number of nitrogens with one attached hydrogen (secondary N) is 1. The van der Waals surface area contributed by atoms with Gasteiger partial charge in [0.25, 0.3) is 0 Å². The van der Waals surface area contributed by atoms with Gasteiger partial charge in [0.2, 0.25) is 5.91 Å². The summed E-state index contributed by atoms with van der Waals surface area (Å²) in [4.78, 5) is 16.2. The maximum atomic E-state index is 12.0. The largest absolute Gasteiger partial charge is 0.496 e. The summed E-state index contributed by atoms with van der Waals surface area (Å²) in [6, 6.07) is 9.53. The minimum atomic E-state index is -0.0855. The fraction of sp³-hybridized carbons (Fsp3) is 0.250. The molecule has 0 bridgehead atoms. The van der Waals surface area contributed by atoms with Crippen LogP contribution in [0.2, 0.25) is 0 Å². The van der Waals surface area contributed by atoms with E-state index in [2.05, 4.69) is 10.3 Å². The van der Waals surface area contributed by atoms with Crippen molar-refractivity contribution in [3.63, 3.8) is 0 Å². The summed E-state index contributed by atoms with van der Waals surface area (Å²) < 4.78 is 5.26. The highest BCUT2D eigenvalue weighted by Gasteiger charge is 2.08. The van der Waals surface area contributed by atoms with Crippen molar-refractivity contribution in [3.05, 3.63) is 53.2 Å². The molecule has 0 saturated heterocycles. The molecule has 0 aliphatic heterocycles. The lowest BCUT2D eigenvalue weighted by molar-refractivity contribution is -0.115.